The molecule has 3 aromatic rings. The molecule has 33 heavy (non-hydrogen) atoms. The molecular weight excluding hydrogens is 435 g/mol. The van der Waals surface area contributed by atoms with E-state index in [1.165, 1.54) is 0 Å². The van der Waals surface area contributed by atoms with Gasteiger partial charge in [0.2, 0.25) is 0 Å². The van der Waals surface area contributed by atoms with Crippen molar-refractivity contribution in [2.45, 2.75) is 65.2 Å². The van der Waals surface area contributed by atoms with Crippen LogP contribution in [0.1, 0.15) is 52.2 Å². The number of nitrogens with one attached hydrogen (secondary N) is 2. The Labute approximate surface area is 190 Å². The number of halogens is 3. The predicted octanol–water partition coefficient (Wildman–Crippen LogP) is 5.44. The quantitative estimate of drug-likeness (QED) is 0.428. The number of alkyl halides is 3. The van der Waals surface area contributed by atoms with Gasteiger partial charge in [-0.05, 0) is 61.9 Å². The normalized spacial score (nSPS) is 12.9. The molecule has 3 N–H and O–H groups in total. The van der Waals surface area contributed by atoms with Crippen LogP contribution in [0.15, 0.2) is 22.6 Å². The first-order chi connectivity index (χ1) is 15.1. The Morgan fingerprint density at radius 1 is 1.00 bits per heavy atom. The van der Waals surface area contributed by atoms with E-state index in [1.54, 1.807) is 32.0 Å². The van der Waals surface area contributed by atoms with Crippen molar-refractivity contribution in [1.29, 1.82) is 0 Å². The van der Waals surface area contributed by atoms with Crippen LogP contribution in [0, 0.1) is 6.92 Å². The number of anilines is 2. The van der Waals surface area contributed by atoms with Crippen LogP contribution < -0.4 is 10.6 Å². The lowest BCUT2D eigenvalue weighted by Crippen LogP contribution is -2.22. The minimum Gasteiger partial charge on any atom is -0.402 e. The summed E-state index contributed by atoms with van der Waals surface area (Å²) in [5.41, 5.74) is 1.98. The topological polar surface area (TPSA) is 96.1 Å². The van der Waals surface area contributed by atoms with E-state index in [-0.39, 0.29) is 17.3 Å². The van der Waals surface area contributed by atoms with Crippen LogP contribution in [0.5, 0.6) is 0 Å². The highest BCUT2D eigenvalue weighted by atomic mass is 19.4. The van der Waals surface area contributed by atoms with E-state index < -0.39 is 18.3 Å². The SMILES string of the molecule is Cc1cc(-c2nnc(NCCC(C)(C)O)o2)nc2c(C(C)(C)C)cc(NCC(F)(F)F)cc12. The predicted molar refractivity (Wildman–Crippen MR) is 122 cm³/mol. The van der Waals surface area contributed by atoms with Gasteiger partial charge in [-0.25, -0.2) is 4.98 Å². The fourth-order valence-corrected chi connectivity index (χ4v) is 3.35. The molecule has 7 nitrogen and oxygen atoms in total. The second-order valence-electron chi connectivity index (χ2n) is 9.86. The smallest absolute Gasteiger partial charge is 0.402 e. The van der Waals surface area contributed by atoms with Gasteiger partial charge in [0.15, 0.2) is 0 Å². The molecule has 180 valence electrons. The number of hydrogen-bond acceptors (Lipinski definition) is 7. The summed E-state index contributed by atoms with van der Waals surface area (Å²) >= 11 is 0. The van der Waals surface area contributed by atoms with E-state index >= 15 is 0 Å². The van der Waals surface area contributed by atoms with Gasteiger partial charge >= 0.3 is 12.2 Å². The maximum Gasteiger partial charge on any atom is 0.405 e. The number of nitrogens with zero attached hydrogens (tertiary/aromatic N) is 3. The number of pyridine rings is 1. The third kappa shape index (κ3) is 6.56. The first-order valence-electron chi connectivity index (χ1n) is 10.7. The average Bonchev–Trinajstić information content (AvgIpc) is 3.12. The maximum atomic E-state index is 12.7. The zero-order valence-corrected chi connectivity index (χ0v) is 19.7. The van der Waals surface area contributed by atoms with E-state index in [1.807, 2.05) is 27.7 Å². The van der Waals surface area contributed by atoms with Crippen LogP contribution in [0.25, 0.3) is 22.5 Å². The lowest BCUT2D eigenvalue weighted by molar-refractivity contribution is -0.115. The fourth-order valence-electron chi connectivity index (χ4n) is 3.35. The van der Waals surface area contributed by atoms with Crippen molar-refractivity contribution in [1.82, 2.24) is 15.2 Å². The Morgan fingerprint density at radius 3 is 2.30 bits per heavy atom. The third-order valence-electron chi connectivity index (χ3n) is 5.08. The van der Waals surface area contributed by atoms with Crippen LogP contribution in [-0.4, -0.2) is 45.2 Å². The molecule has 0 spiro atoms. The number of hydrogen-bond donors (Lipinski definition) is 3. The summed E-state index contributed by atoms with van der Waals surface area (Å²) in [6.07, 6.45) is -3.82. The highest BCUT2D eigenvalue weighted by Gasteiger charge is 2.27. The van der Waals surface area contributed by atoms with E-state index in [0.29, 0.717) is 29.9 Å². The van der Waals surface area contributed by atoms with Gasteiger partial charge in [-0.1, -0.05) is 25.9 Å². The van der Waals surface area contributed by atoms with E-state index in [0.717, 1.165) is 16.5 Å². The zero-order valence-electron chi connectivity index (χ0n) is 19.7. The molecule has 0 radical (unpaired) electrons. The number of aryl methyl sites for hydroxylation is 1. The van der Waals surface area contributed by atoms with Crippen LogP contribution in [0.2, 0.25) is 0 Å². The molecule has 0 aliphatic heterocycles. The Hall–Kier alpha value is -2.88. The zero-order chi connectivity index (χ0) is 24.6. The van der Waals surface area contributed by atoms with Crippen LogP contribution in [-0.2, 0) is 5.41 Å². The minimum atomic E-state index is -4.31. The number of aromatic nitrogens is 3. The Bertz CT molecular complexity index is 1130. The molecule has 0 aliphatic carbocycles. The van der Waals surface area contributed by atoms with Crippen molar-refractivity contribution in [2.75, 3.05) is 23.7 Å². The Kier molecular flexibility index (Phi) is 6.61. The molecule has 0 atom stereocenters. The molecule has 0 saturated heterocycles. The summed E-state index contributed by atoms with van der Waals surface area (Å²) in [7, 11) is 0. The fraction of sp³-hybridized carbons (Fsp3) is 0.522. The average molecular weight is 466 g/mol. The van der Waals surface area contributed by atoms with Crippen molar-refractivity contribution in [2.24, 2.45) is 0 Å². The summed E-state index contributed by atoms with van der Waals surface area (Å²) in [6.45, 7) is 10.6. The van der Waals surface area contributed by atoms with Gasteiger partial charge < -0.3 is 20.2 Å². The van der Waals surface area contributed by atoms with Crippen molar-refractivity contribution >= 4 is 22.6 Å². The molecule has 2 heterocycles. The van der Waals surface area contributed by atoms with E-state index in [9.17, 15) is 18.3 Å². The molecule has 2 aromatic heterocycles. The van der Waals surface area contributed by atoms with E-state index in [4.69, 9.17) is 9.40 Å². The van der Waals surface area contributed by atoms with Crippen LogP contribution in [0.3, 0.4) is 0 Å². The summed E-state index contributed by atoms with van der Waals surface area (Å²) < 4.78 is 43.9. The molecule has 10 heteroatoms. The first kappa shape index (κ1) is 24.8. The number of aliphatic hydroxyl groups is 1. The summed E-state index contributed by atoms with van der Waals surface area (Å²) in [5, 5.41) is 24.1. The maximum absolute atomic E-state index is 12.7. The highest BCUT2D eigenvalue weighted by molar-refractivity contribution is 5.90. The minimum absolute atomic E-state index is 0.219. The van der Waals surface area contributed by atoms with Gasteiger partial charge in [0.25, 0.3) is 5.89 Å². The molecular formula is C23H30F3N5O2. The third-order valence-corrected chi connectivity index (χ3v) is 5.08. The second-order valence-corrected chi connectivity index (χ2v) is 9.86. The van der Waals surface area contributed by atoms with Gasteiger partial charge in [-0.3, -0.25) is 0 Å². The summed E-state index contributed by atoms with van der Waals surface area (Å²) in [5.74, 6) is 0.227. The van der Waals surface area contributed by atoms with Gasteiger partial charge in [-0.2, -0.15) is 13.2 Å². The van der Waals surface area contributed by atoms with Gasteiger partial charge in [0.05, 0.1) is 11.1 Å². The molecule has 0 fully saturated rings. The monoisotopic (exact) mass is 465 g/mol. The number of fused-ring (bicyclic) bond motifs is 1. The van der Waals surface area contributed by atoms with E-state index in [2.05, 4.69) is 20.8 Å². The molecule has 0 amide bonds. The van der Waals surface area contributed by atoms with Crippen molar-refractivity contribution in [3.8, 4) is 11.6 Å². The largest absolute Gasteiger partial charge is 0.405 e. The molecule has 3 rings (SSSR count). The summed E-state index contributed by atoms with van der Waals surface area (Å²) in [4.78, 5) is 4.74. The highest BCUT2D eigenvalue weighted by Crippen LogP contribution is 2.35. The summed E-state index contributed by atoms with van der Waals surface area (Å²) in [6, 6.07) is 5.38. The Morgan fingerprint density at radius 2 is 1.70 bits per heavy atom. The lowest BCUT2D eigenvalue weighted by Gasteiger charge is -2.23. The Balaban J connectivity index is 1.98. The standard InChI is InChI=1S/C23H30F3N5O2/c1-13-9-17(19-30-31-20(33-19)27-8-7-22(5,6)32)29-18-15(13)10-14(28-12-23(24,25)26)11-16(18)21(2,3)4/h9-11,28,32H,7-8,12H2,1-6H3,(H,27,31). The van der Waals surface area contributed by atoms with Gasteiger partial charge in [0, 0.05) is 17.6 Å². The lowest BCUT2D eigenvalue weighted by atomic mass is 9.84. The molecule has 0 saturated carbocycles. The van der Waals surface area contributed by atoms with Crippen molar-refractivity contribution < 1.29 is 22.7 Å². The first-order valence-corrected chi connectivity index (χ1v) is 10.7. The van der Waals surface area contributed by atoms with Gasteiger partial charge in [0.1, 0.15) is 12.2 Å². The van der Waals surface area contributed by atoms with Crippen molar-refractivity contribution in [3.63, 3.8) is 0 Å². The number of benzene rings is 1. The molecule has 0 aliphatic rings. The number of rotatable bonds is 7. The molecule has 0 bridgehead atoms. The second kappa shape index (κ2) is 8.81. The van der Waals surface area contributed by atoms with Crippen LogP contribution in [0.4, 0.5) is 24.9 Å². The molecule has 1 aromatic carbocycles. The molecule has 0 unspecified atom stereocenters. The van der Waals surface area contributed by atoms with Crippen molar-refractivity contribution in [3.05, 3.63) is 29.3 Å². The van der Waals surface area contributed by atoms with Crippen LogP contribution >= 0.6 is 0 Å². The van der Waals surface area contributed by atoms with Gasteiger partial charge in [-0.15, -0.1) is 5.10 Å².